The Morgan fingerprint density at radius 3 is 2.56 bits per heavy atom. The van der Waals surface area contributed by atoms with Crippen molar-refractivity contribution in [3.8, 4) is 22.9 Å². The molecule has 1 aromatic heterocycles. The number of nitrogens with zero attached hydrogens (tertiary/aromatic N) is 3. The third-order valence-electron chi connectivity index (χ3n) is 4.38. The van der Waals surface area contributed by atoms with Gasteiger partial charge in [-0.3, -0.25) is 0 Å². The molecule has 0 atom stereocenters. The molecule has 3 rings (SSSR count). The summed E-state index contributed by atoms with van der Waals surface area (Å²) in [6.45, 7) is 2.06. The molecule has 0 amide bonds. The molecule has 0 radical (unpaired) electrons. The van der Waals surface area contributed by atoms with Gasteiger partial charge in [0.1, 0.15) is 16.4 Å². The van der Waals surface area contributed by atoms with Crippen molar-refractivity contribution in [3.63, 3.8) is 0 Å². The first-order chi connectivity index (χ1) is 15.3. The van der Waals surface area contributed by atoms with Crippen molar-refractivity contribution in [2.24, 2.45) is 0 Å². The molecule has 0 aliphatic rings. The van der Waals surface area contributed by atoms with Crippen LogP contribution in [0.4, 0.5) is 0 Å². The van der Waals surface area contributed by atoms with E-state index in [4.69, 9.17) is 18.7 Å². The van der Waals surface area contributed by atoms with Gasteiger partial charge in [0.15, 0.2) is 6.61 Å². The predicted octanol–water partition coefficient (Wildman–Crippen LogP) is 2.75. The monoisotopic (exact) mass is 461 g/mol. The number of ether oxygens (including phenoxy) is 3. The van der Waals surface area contributed by atoms with E-state index in [1.54, 1.807) is 12.1 Å². The zero-order valence-corrected chi connectivity index (χ0v) is 18.9. The van der Waals surface area contributed by atoms with Crippen molar-refractivity contribution in [2.75, 3.05) is 27.8 Å². The summed E-state index contributed by atoms with van der Waals surface area (Å²) in [5.74, 6) is 0.340. The maximum absolute atomic E-state index is 12.5. The van der Waals surface area contributed by atoms with E-state index in [2.05, 4.69) is 10.1 Å². The Morgan fingerprint density at radius 1 is 1.12 bits per heavy atom. The maximum atomic E-state index is 12.5. The maximum Gasteiger partial charge on any atom is 0.338 e. The normalized spacial score (nSPS) is 11.4. The summed E-state index contributed by atoms with van der Waals surface area (Å²) in [6, 6.07) is 11.2. The molecule has 0 aliphatic carbocycles. The van der Waals surface area contributed by atoms with E-state index >= 15 is 0 Å². The molecule has 0 bridgehead atoms. The molecule has 10 nitrogen and oxygen atoms in total. The molecule has 0 saturated heterocycles. The number of esters is 1. The lowest BCUT2D eigenvalue weighted by atomic mass is 10.2. The van der Waals surface area contributed by atoms with Crippen LogP contribution in [0.25, 0.3) is 11.4 Å². The molecule has 170 valence electrons. The van der Waals surface area contributed by atoms with Gasteiger partial charge in [0.2, 0.25) is 15.8 Å². The van der Waals surface area contributed by atoms with Crippen LogP contribution in [0.3, 0.4) is 0 Å². The quantitative estimate of drug-likeness (QED) is 0.443. The molecule has 0 fully saturated rings. The van der Waals surface area contributed by atoms with Gasteiger partial charge in [0, 0.05) is 14.1 Å². The Bertz CT molecular complexity index is 1210. The highest BCUT2D eigenvalue weighted by Crippen LogP contribution is 2.29. The Hall–Kier alpha value is -3.44. The van der Waals surface area contributed by atoms with Crippen molar-refractivity contribution in [1.82, 2.24) is 14.4 Å². The van der Waals surface area contributed by atoms with Gasteiger partial charge in [0.05, 0.1) is 24.8 Å². The lowest BCUT2D eigenvalue weighted by Crippen LogP contribution is -2.23. The average molecular weight is 461 g/mol. The number of hydrogen-bond acceptors (Lipinski definition) is 9. The summed E-state index contributed by atoms with van der Waals surface area (Å²) in [5, 5.41) is 3.91. The third-order valence-corrected chi connectivity index (χ3v) is 6.22. The summed E-state index contributed by atoms with van der Waals surface area (Å²) >= 11 is 0. The first-order valence-corrected chi connectivity index (χ1v) is 11.0. The zero-order valence-electron chi connectivity index (χ0n) is 18.1. The first kappa shape index (κ1) is 23.2. The first-order valence-electron chi connectivity index (χ1n) is 9.60. The highest BCUT2D eigenvalue weighted by molar-refractivity contribution is 7.89. The Balaban J connectivity index is 1.76. The lowest BCUT2D eigenvalue weighted by Gasteiger charge is -2.15. The van der Waals surface area contributed by atoms with Crippen molar-refractivity contribution in [2.45, 2.75) is 18.4 Å². The standard InChI is InChI=1S/C21H23N3O7S/c1-5-29-16-9-7-6-8-15(16)20-22-19(31-23-20)13-30-21(25)14-10-11-17(28-4)18(12-14)32(26,27)24(2)3/h6-12H,5,13H2,1-4H3. The number of carbonyl (C=O) groups is 1. The van der Waals surface area contributed by atoms with Crippen molar-refractivity contribution in [1.29, 1.82) is 0 Å². The molecule has 0 unspecified atom stereocenters. The molecule has 11 heteroatoms. The van der Waals surface area contributed by atoms with E-state index in [0.29, 0.717) is 23.7 Å². The number of para-hydroxylation sites is 1. The minimum absolute atomic E-state index is 0.0349. The molecular weight excluding hydrogens is 438 g/mol. The fourth-order valence-corrected chi connectivity index (χ4v) is 3.84. The van der Waals surface area contributed by atoms with Crippen molar-refractivity contribution in [3.05, 3.63) is 53.9 Å². The van der Waals surface area contributed by atoms with Gasteiger partial charge in [0.25, 0.3) is 5.89 Å². The van der Waals surface area contributed by atoms with Crippen molar-refractivity contribution < 1.29 is 31.9 Å². The molecule has 0 spiro atoms. The van der Waals surface area contributed by atoms with Crippen LogP contribution in [-0.4, -0.2) is 56.6 Å². The minimum Gasteiger partial charge on any atom is -0.495 e. The average Bonchev–Trinajstić information content (AvgIpc) is 3.26. The van der Waals surface area contributed by atoms with E-state index in [9.17, 15) is 13.2 Å². The Morgan fingerprint density at radius 2 is 1.88 bits per heavy atom. The van der Waals surface area contributed by atoms with E-state index in [0.717, 1.165) is 4.31 Å². The SMILES string of the molecule is CCOc1ccccc1-c1noc(COC(=O)c2ccc(OC)c(S(=O)(=O)N(C)C)c2)n1. The van der Waals surface area contributed by atoms with E-state index in [1.165, 1.54) is 39.4 Å². The van der Waals surface area contributed by atoms with Crippen LogP contribution >= 0.6 is 0 Å². The number of carbonyl (C=O) groups excluding carboxylic acids is 1. The molecule has 32 heavy (non-hydrogen) atoms. The van der Waals surface area contributed by atoms with Gasteiger partial charge in [-0.1, -0.05) is 17.3 Å². The van der Waals surface area contributed by atoms with Gasteiger partial charge in [-0.2, -0.15) is 4.98 Å². The topological polar surface area (TPSA) is 121 Å². The second-order valence-electron chi connectivity index (χ2n) is 6.67. The predicted molar refractivity (Wildman–Crippen MR) is 114 cm³/mol. The molecule has 0 aliphatic heterocycles. The molecular formula is C21H23N3O7S. The lowest BCUT2D eigenvalue weighted by molar-refractivity contribution is 0.0429. The number of sulfonamides is 1. The second-order valence-corrected chi connectivity index (χ2v) is 8.79. The Labute approximate surface area is 185 Å². The third kappa shape index (κ3) is 4.89. The van der Waals surface area contributed by atoms with Gasteiger partial charge in [-0.05, 0) is 37.3 Å². The van der Waals surface area contributed by atoms with Gasteiger partial charge in [-0.15, -0.1) is 0 Å². The van der Waals surface area contributed by atoms with Gasteiger partial charge >= 0.3 is 5.97 Å². The Kier molecular flexibility index (Phi) is 7.11. The molecule has 0 N–H and O–H groups in total. The van der Waals surface area contributed by atoms with Crippen LogP contribution in [-0.2, 0) is 21.4 Å². The summed E-state index contributed by atoms with van der Waals surface area (Å²) in [4.78, 5) is 16.6. The molecule has 3 aromatic rings. The van der Waals surface area contributed by atoms with Gasteiger partial charge < -0.3 is 18.7 Å². The number of methoxy groups -OCH3 is 1. The molecule has 1 heterocycles. The van der Waals surface area contributed by atoms with Crippen LogP contribution < -0.4 is 9.47 Å². The van der Waals surface area contributed by atoms with Crippen LogP contribution in [0, 0.1) is 0 Å². The summed E-state index contributed by atoms with van der Waals surface area (Å²) in [6.07, 6.45) is 0. The fourth-order valence-electron chi connectivity index (χ4n) is 2.77. The fraction of sp³-hybridized carbons (Fsp3) is 0.286. The van der Waals surface area contributed by atoms with Crippen LogP contribution in [0.2, 0.25) is 0 Å². The second kappa shape index (κ2) is 9.79. The highest BCUT2D eigenvalue weighted by Gasteiger charge is 2.24. The van der Waals surface area contributed by atoms with E-state index in [-0.39, 0.29) is 28.7 Å². The minimum atomic E-state index is -3.83. The number of aromatic nitrogens is 2. The van der Waals surface area contributed by atoms with Crippen LogP contribution in [0.1, 0.15) is 23.2 Å². The molecule has 0 saturated carbocycles. The van der Waals surface area contributed by atoms with Gasteiger partial charge in [-0.25, -0.2) is 17.5 Å². The number of rotatable bonds is 9. The largest absolute Gasteiger partial charge is 0.495 e. The smallest absolute Gasteiger partial charge is 0.338 e. The van der Waals surface area contributed by atoms with Crippen molar-refractivity contribution >= 4 is 16.0 Å². The zero-order chi connectivity index (χ0) is 23.3. The summed E-state index contributed by atoms with van der Waals surface area (Å²) in [5.41, 5.74) is 0.678. The number of benzene rings is 2. The van der Waals surface area contributed by atoms with Crippen LogP contribution in [0.5, 0.6) is 11.5 Å². The van der Waals surface area contributed by atoms with E-state index < -0.39 is 16.0 Å². The summed E-state index contributed by atoms with van der Waals surface area (Å²) in [7, 11) is 0.286. The number of hydrogen-bond donors (Lipinski definition) is 0. The van der Waals surface area contributed by atoms with E-state index in [1.807, 2.05) is 19.1 Å². The summed E-state index contributed by atoms with van der Waals surface area (Å²) < 4.78 is 47.2. The molecule has 2 aromatic carbocycles. The highest BCUT2D eigenvalue weighted by atomic mass is 32.2. The van der Waals surface area contributed by atoms with Crippen LogP contribution in [0.15, 0.2) is 51.9 Å².